The van der Waals surface area contributed by atoms with Gasteiger partial charge in [0.25, 0.3) is 5.91 Å². The Labute approximate surface area is 135 Å². The van der Waals surface area contributed by atoms with E-state index in [2.05, 4.69) is 16.4 Å². The molecule has 1 N–H and O–H groups in total. The van der Waals surface area contributed by atoms with Gasteiger partial charge in [0.1, 0.15) is 16.9 Å². The van der Waals surface area contributed by atoms with Gasteiger partial charge in [0.05, 0.1) is 17.3 Å². The number of nitrogens with zero attached hydrogens (tertiary/aromatic N) is 2. The van der Waals surface area contributed by atoms with Crippen LogP contribution in [0.5, 0.6) is 0 Å². The van der Waals surface area contributed by atoms with E-state index in [0.717, 1.165) is 22.7 Å². The third-order valence-corrected chi connectivity index (χ3v) is 4.20. The van der Waals surface area contributed by atoms with Crippen molar-refractivity contribution in [1.29, 1.82) is 5.26 Å². The number of nitriles is 1. The van der Waals surface area contributed by atoms with Gasteiger partial charge in [-0.25, -0.2) is 4.39 Å². The number of thiophene rings is 1. The predicted octanol–water partition coefficient (Wildman–Crippen LogP) is 4.07. The summed E-state index contributed by atoms with van der Waals surface area (Å²) in [6.07, 6.45) is 2.30. The van der Waals surface area contributed by atoms with E-state index in [9.17, 15) is 14.4 Å². The predicted molar refractivity (Wildman–Crippen MR) is 86.6 cm³/mol. The molecule has 112 valence electrons. The van der Waals surface area contributed by atoms with Crippen LogP contribution >= 0.6 is 11.3 Å². The van der Waals surface area contributed by atoms with Crippen molar-refractivity contribution < 1.29 is 9.18 Å². The SMILES string of the molecule is N#Cc1cc(-c2ccccc2)sc1NC(=O)c1cncc(F)c1. The van der Waals surface area contributed by atoms with Crippen molar-refractivity contribution in [2.24, 2.45) is 0 Å². The lowest BCUT2D eigenvalue weighted by Gasteiger charge is -2.02. The van der Waals surface area contributed by atoms with Crippen molar-refractivity contribution in [3.8, 4) is 16.5 Å². The van der Waals surface area contributed by atoms with Gasteiger partial charge < -0.3 is 5.32 Å². The lowest BCUT2D eigenvalue weighted by atomic mass is 10.2. The topological polar surface area (TPSA) is 65.8 Å². The van der Waals surface area contributed by atoms with E-state index < -0.39 is 11.7 Å². The fraction of sp³-hybridized carbons (Fsp3) is 0. The normalized spacial score (nSPS) is 10.1. The van der Waals surface area contributed by atoms with Crippen LogP contribution in [0.25, 0.3) is 10.4 Å². The second-order valence-electron chi connectivity index (χ2n) is 4.68. The first kappa shape index (κ1) is 14.9. The molecule has 1 aromatic carbocycles. The zero-order valence-corrected chi connectivity index (χ0v) is 12.6. The Morgan fingerprint density at radius 3 is 2.70 bits per heavy atom. The molecule has 1 amide bonds. The van der Waals surface area contributed by atoms with Gasteiger partial charge in [-0.2, -0.15) is 5.26 Å². The fourth-order valence-electron chi connectivity index (χ4n) is 2.02. The number of anilines is 1. The smallest absolute Gasteiger partial charge is 0.257 e. The van der Waals surface area contributed by atoms with Crippen molar-refractivity contribution in [3.63, 3.8) is 0 Å². The summed E-state index contributed by atoms with van der Waals surface area (Å²) in [7, 11) is 0. The summed E-state index contributed by atoms with van der Waals surface area (Å²) in [6.45, 7) is 0. The first-order valence-corrected chi connectivity index (χ1v) is 7.50. The van der Waals surface area contributed by atoms with Crippen molar-refractivity contribution in [1.82, 2.24) is 4.98 Å². The Morgan fingerprint density at radius 1 is 1.22 bits per heavy atom. The van der Waals surface area contributed by atoms with E-state index in [-0.39, 0.29) is 5.56 Å². The quantitative estimate of drug-likeness (QED) is 0.790. The molecule has 3 rings (SSSR count). The molecule has 2 aromatic heterocycles. The monoisotopic (exact) mass is 323 g/mol. The largest absolute Gasteiger partial charge is 0.312 e. The first-order chi connectivity index (χ1) is 11.2. The summed E-state index contributed by atoms with van der Waals surface area (Å²) >= 11 is 1.30. The van der Waals surface area contributed by atoms with Crippen LogP contribution in [0.3, 0.4) is 0 Å². The maximum atomic E-state index is 13.1. The van der Waals surface area contributed by atoms with E-state index in [4.69, 9.17) is 0 Å². The number of pyridine rings is 1. The van der Waals surface area contributed by atoms with Crippen LogP contribution in [0.2, 0.25) is 0 Å². The zero-order chi connectivity index (χ0) is 16.2. The van der Waals surface area contributed by atoms with Gasteiger partial charge in [-0.3, -0.25) is 9.78 Å². The molecule has 2 heterocycles. The van der Waals surface area contributed by atoms with Gasteiger partial charge in [-0.05, 0) is 17.7 Å². The minimum atomic E-state index is -0.589. The Hall–Kier alpha value is -3.04. The number of hydrogen-bond donors (Lipinski definition) is 1. The highest BCUT2D eigenvalue weighted by Crippen LogP contribution is 2.35. The van der Waals surface area contributed by atoms with Crippen LogP contribution in [0.4, 0.5) is 9.39 Å². The minimum absolute atomic E-state index is 0.101. The van der Waals surface area contributed by atoms with E-state index in [1.165, 1.54) is 17.5 Å². The molecule has 0 saturated heterocycles. The first-order valence-electron chi connectivity index (χ1n) is 6.68. The summed E-state index contributed by atoms with van der Waals surface area (Å²) < 4.78 is 13.1. The number of carbonyl (C=O) groups is 1. The van der Waals surface area contributed by atoms with Gasteiger partial charge in [-0.1, -0.05) is 30.3 Å². The van der Waals surface area contributed by atoms with Crippen LogP contribution in [-0.2, 0) is 0 Å². The highest BCUT2D eigenvalue weighted by molar-refractivity contribution is 7.19. The molecule has 4 nitrogen and oxygen atoms in total. The van der Waals surface area contributed by atoms with Crippen molar-refractivity contribution in [3.05, 3.63) is 71.8 Å². The second kappa shape index (κ2) is 6.38. The molecule has 0 spiro atoms. The molecule has 0 bridgehead atoms. The summed E-state index contributed by atoms with van der Waals surface area (Å²) in [6, 6.07) is 14.4. The lowest BCUT2D eigenvalue weighted by molar-refractivity contribution is 0.102. The molecule has 6 heteroatoms. The minimum Gasteiger partial charge on any atom is -0.312 e. The number of carbonyl (C=O) groups excluding carboxylic acids is 1. The maximum absolute atomic E-state index is 13.1. The molecule has 0 atom stereocenters. The summed E-state index contributed by atoms with van der Waals surface area (Å²) in [5, 5.41) is 12.3. The highest BCUT2D eigenvalue weighted by Gasteiger charge is 2.14. The third kappa shape index (κ3) is 3.25. The Balaban J connectivity index is 1.90. The number of benzene rings is 1. The number of hydrogen-bond acceptors (Lipinski definition) is 4. The van der Waals surface area contributed by atoms with E-state index >= 15 is 0 Å². The van der Waals surface area contributed by atoms with Crippen LogP contribution in [0.15, 0.2) is 54.9 Å². The lowest BCUT2D eigenvalue weighted by Crippen LogP contribution is -2.12. The summed E-state index contributed by atoms with van der Waals surface area (Å²) in [5.74, 6) is -1.09. The van der Waals surface area contributed by atoms with E-state index in [1.807, 2.05) is 30.3 Å². The molecule has 0 unspecified atom stereocenters. The standard InChI is InChI=1S/C17H10FN3OS/c18-14-6-13(9-20-10-14)16(22)21-17-12(8-19)7-15(23-17)11-4-2-1-3-5-11/h1-7,9-10H,(H,21,22). The summed E-state index contributed by atoms with van der Waals surface area (Å²) in [4.78, 5) is 16.7. The second-order valence-corrected chi connectivity index (χ2v) is 5.73. The number of halogens is 1. The molecule has 0 aliphatic carbocycles. The van der Waals surface area contributed by atoms with Crippen LogP contribution in [0.1, 0.15) is 15.9 Å². The average molecular weight is 323 g/mol. The molecule has 0 saturated carbocycles. The van der Waals surface area contributed by atoms with E-state index in [1.54, 1.807) is 6.07 Å². The van der Waals surface area contributed by atoms with Gasteiger partial charge in [0.15, 0.2) is 0 Å². The number of rotatable bonds is 3. The Bertz CT molecular complexity index is 900. The molecule has 0 aliphatic heterocycles. The highest BCUT2D eigenvalue weighted by atomic mass is 32.1. The van der Waals surface area contributed by atoms with Gasteiger partial charge >= 0.3 is 0 Å². The van der Waals surface area contributed by atoms with Crippen LogP contribution in [0, 0.1) is 17.1 Å². The number of aromatic nitrogens is 1. The molecule has 0 radical (unpaired) electrons. The molecule has 23 heavy (non-hydrogen) atoms. The van der Waals surface area contributed by atoms with Crippen molar-refractivity contribution in [2.75, 3.05) is 5.32 Å². The third-order valence-electron chi connectivity index (χ3n) is 3.10. The summed E-state index contributed by atoms with van der Waals surface area (Å²) in [5.41, 5.74) is 1.43. The van der Waals surface area contributed by atoms with E-state index in [0.29, 0.717) is 10.6 Å². The fourth-order valence-corrected chi connectivity index (χ4v) is 3.03. The van der Waals surface area contributed by atoms with Crippen LogP contribution in [-0.4, -0.2) is 10.9 Å². The Kier molecular flexibility index (Phi) is 4.13. The van der Waals surface area contributed by atoms with Crippen molar-refractivity contribution >= 4 is 22.2 Å². The zero-order valence-electron chi connectivity index (χ0n) is 11.8. The molecular weight excluding hydrogens is 313 g/mol. The number of amides is 1. The Morgan fingerprint density at radius 2 is 2.00 bits per heavy atom. The van der Waals surface area contributed by atoms with Gasteiger partial charge in [-0.15, -0.1) is 11.3 Å². The van der Waals surface area contributed by atoms with Crippen LogP contribution < -0.4 is 5.32 Å². The van der Waals surface area contributed by atoms with Crippen molar-refractivity contribution in [2.45, 2.75) is 0 Å². The van der Waals surface area contributed by atoms with Gasteiger partial charge in [0.2, 0.25) is 0 Å². The molecule has 0 aliphatic rings. The van der Waals surface area contributed by atoms with Gasteiger partial charge in [0, 0.05) is 11.1 Å². The maximum Gasteiger partial charge on any atom is 0.257 e. The molecule has 3 aromatic rings. The molecule has 0 fully saturated rings. The number of nitrogens with one attached hydrogen (secondary N) is 1. The molecular formula is C17H10FN3OS. The average Bonchev–Trinajstić information content (AvgIpc) is 2.98.